The molecule has 1 N–H and O–H groups in total. The van der Waals surface area contributed by atoms with E-state index in [2.05, 4.69) is 4.98 Å². The third-order valence-electron chi connectivity index (χ3n) is 5.29. The van der Waals surface area contributed by atoms with Crippen LogP contribution in [0.5, 0.6) is 5.75 Å². The fourth-order valence-corrected chi connectivity index (χ4v) is 3.76. The maximum absolute atomic E-state index is 12.9. The number of benzene rings is 2. The SMILES string of the molecule is COc1cccc(N2CC(C)N(C(=O)Cc3c[nH]c4ccccc34)CC2=O)c1. The van der Waals surface area contributed by atoms with Gasteiger partial charge in [0.15, 0.2) is 0 Å². The van der Waals surface area contributed by atoms with Crippen LogP contribution in [0.4, 0.5) is 5.69 Å². The Bertz CT molecular complexity index is 1030. The number of piperazine rings is 1. The fourth-order valence-electron chi connectivity index (χ4n) is 3.76. The Labute approximate surface area is 163 Å². The standard InChI is InChI=1S/C22H23N3O3/c1-15-13-25(17-6-5-7-18(11-17)28-2)22(27)14-24(15)21(26)10-16-12-23-20-9-4-3-8-19(16)20/h3-9,11-12,15,23H,10,13-14H2,1-2H3. The zero-order valence-electron chi connectivity index (χ0n) is 16.0. The number of hydrogen-bond donors (Lipinski definition) is 1. The number of H-pyrrole nitrogens is 1. The van der Waals surface area contributed by atoms with Gasteiger partial charge in [-0.15, -0.1) is 0 Å². The number of carbonyl (C=O) groups excluding carboxylic acids is 2. The molecule has 3 aromatic rings. The zero-order chi connectivity index (χ0) is 19.7. The molecular weight excluding hydrogens is 354 g/mol. The second-order valence-corrected chi connectivity index (χ2v) is 7.11. The number of hydrogen-bond acceptors (Lipinski definition) is 3. The van der Waals surface area contributed by atoms with Crippen molar-refractivity contribution in [1.29, 1.82) is 0 Å². The molecule has 2 aromatic carbocycles. The molecule has 1 aliphatic heterocycles. The number of rotatable bonds is 4. The number of methoxy groups -OCH3 is 1. The number of aromatic nitrogens is 1. The molecule has 4 rings (SSSR count). The molecular formula is C22H23N3O3. The van der Waals surface area contributed by atoms with Gasteiger partial charge in [-0.25, -0.2) is 0 Å². The first-order valence-electron chi connectivity index (χ1n) is 9.35. The lowest BCUT2D eigenvalue weighted by atomic mass is 10.1. The molecule has 0 spiro atoms. The molecule has 1 aliphatic rings. The van der Waals surface area contributed by atoms with Crippen molar-refractivity contribution in [2.45, 2.75) is 19.4 Å². The summed E-state index contributed by atoms with van der Waals surface area (Å²) in [4.78, 5) is 32.3. The van der Waals surface area contributed by atoms with Gasteiger partial charge in [-0.3, -0.25) is 9.59 Å². The van der Waals surface area contributed by atoms with Crippen LogP contribution in [0, 0.1) is 0 Å². The van der Waals surface area contributed by atoms with Crippen molar-refractivity contribution < 1.29 is 14.3 Å². The average Bonchev–Trinajstić information content (AvgIpc) is 3.12. The summed E-state index contributed by atoms with van der Waals surface area (Å²) in [6.07, 6.45) is 2.16. The molecule has 1 unspecified atom stereocenters. The fraction of sp³-hybridized carbons (Fsp3) is 0.273. The van der Waals surface area contributed by atoms with Gasteiger partial charge in [0.25, 0.3) is 0 Å². The zero-order valence-corrected chi connectivity index (χ0v) is 16.0. The quantitative estimate of drug-likeness (QED) is 0.760. The Morgan fingerprint density at radius 3 is 2.86 bits per heavy atom. The second-order valence-electron chi connectivity index (χ2n) is 7.11. The summed E-state index contributed by atoms with van der Waals surface area (Å²) in [6.45, 7) is 2.53. The number of carbonyl (C=O) groups is 2. The predicted molar refractivity (Wildman–Crippen MR) is 109 cm³/mol. The van der Waals surface area contributed by atoms with E-state index in [1.807, 2.05) is 61.7 Å². The van der Waals surface area contributed by atoms with Crippen LogP contribution in [-0.2, 0) is 16.0 Å². The van der Waals surface area contributed by atoms with Gasteiger partial charge in [-0.2, -0.15) is 0 Å². The minimum Gasteiger partial charge on any atom is -0.497 e. The van der Waals surface area contributed by atoms with Gasteiger partial charge in [0, 0.05) is 41.4 Å². The van der Waals surface area contributed by atoms with E-state index in [1.54, 1.807) is 16.9 Å². The molecule has 1 saturated heterocycles. The predicted octanol–water partition coefficient (Wildman–Crippen LogP) is 2.98. The van der Waals surface area contributed by atoms with Gasteiger partial charge in [0.05, 0.1) is 13.5 Å². The van der Waals surface area contributed by atoms with E-state index in [9.17, 15) is 9.59 Å². The number of amides is 2. The number of nitrogens with zero attached hydrogens (tertiary/aromatic N) is 2. The number of fused-ring (bicyclic) bond motifs is 1. The lowest BCUT2D eigenvalue weighted by Crippen LogP contribution is -2.57. The Morgan fingerprint density at radius 2 is 2.04 bits per heavy atom. The summed E-state index contributed by atoms with van der Waals surface area (Å²) < 4.78 is 5.26. The first-order valence-corrected chi connectivity index (χ1v) is 9.35. The number of aromatic amines is 1. The third-order valence-corrected chi connectivity index (χ3v) is 5.29. The first kappa shape index (κ1) is 18.1. The molecule has 28 heavy (non-hydrogen) atoms. The van der Waals surface area contributed by atoms with Crippen molar-refractivity contribution in [2.75, 3.05) is 25.1 Å². The molecule has 0 saturated carbocycles. The molecule has 6 heteroatoms. The smallest absolute Gasteiger partial charge is 0.246 e. The molecule has 2 heterocycles. The molecule has 0 bridgehead atoms. The maximum Gasteiger partial charge on any atom is 0.246 e. The summed E-state index contributed by atoms with van der Waals surface area (Å²) in [7, 11) is 1.60. The molecule has 0 aliphatic carbocycles. The van der Waals surface area contributed by atoms with E-state index in [0.29, 0.717) is 12.3 Å². The van der Waals surface area contributed by atoms with E-state index in [-0.39, 0.29) is 30.8 Å². The van der Waals surface area contributed by atoms with Gasteiger partial charge < -0.3 is 19.5 Å². The van der Waals surface area contributed by atoms with Crippen LogP contribution < -0.4 is 9.64 Å². The third kappa shape index (κ3) is 3.33. The van der Waals surface area contributed by atoms with Crippen molar-refractivity contribution in [3.63, 3.8) is 0 Å². The van der Waals surface area contributed by atoms with Crippen LogP contribution in [0.15, 0.2) is 54.7 Å². The highest BCUT2D eigenvalue weighted by Gasteiger charge is 2.33. The Hall–Kier alpha value is -3.28. The van der Waals surface area contributed by atoms with Crippen LogP contribution in [0.25, 0.3) is 10.9 Å². The number of anilines is 1. The Balaban J connectivity index is 1.49. The summed E-state index contributed by atoms with van der Waals surface area (Å²) in [5.41, 5.74) is 2.76. The van der Waals surface area contributed by atoms with Gasteiger partial charge in [0.2, 0.25) is 11.8 Å². The monoisotopic (exact) mass is 377 g/mol. The highest BCUT2D eigenvalue weighted by atomic mass is 16.5. The van der Waals surface area contributed by atoms with Gasteiger partial charge in [-0.05, 0) is 30.7 Å². The van der Waals surface area contributed by atoms with E-state index < -0.39 is 0 Å². The summed E-state index contributed by atoms with van der Waals surface area (Å²) in [5, 5.41) is 1.05. The highest BCUT2D eigenvalue weighted by Crippen LogP contribution is 2.25. The number of para-hydroxylation sites is 1. The Morgan fingerprint density at radius 1 is 1.21 bits per heavy atom. The highest BCUT2D eigenvalue weighted by molar-refractivity contribution is 5.99. The number of ether oxygens (including phenoxy) is 1. The van der Waals surface area contributed by atoms with Gasteiger partial charge in [0.1, 0.15) is 12.3 Å². The van der Waals surface area contributed by atoms with Crippen LogP contribution >= 0.6 is 0 Å². The maximum atomic E-state index is 12.9. The van der Waals surface area contributed by atoms with E-state index in [4.69, 9.17) is 4.74 Å². The second kappa shape index (κ2) is 7.38. The van der Waals surface area contributed by atoms with Crippen molar-refractivity contribution in [1.82, 2.24) is 9.88 Å². The molecule has 1 atom stereocenters. The van der Waals surface area contributed by atoms with Crippen LogP contribution in [0.1, 0.15) is 12.5 Å². The lowest BCUT2D eigenvalue weighted by molar-refractivity contribution is -0.138. The minimum absolute atomic E-state index is 0.0316. The van der Waals surface area contributed by atoms with Crippen LogP contribution in [-0.4, -0.2) is 47.9 Å². The number of nitrogens with one attached hydrogen (secondary N) is 1. The molecule has 1 aromatic heterocycles. The van der Waals surface area contributed by atoms with Gasteiger partial charge in [-0.1, -0.05) is 24.3 Å². The van der Waals surface area contributed by atoms with Crippen molar-refractivity contribution in [2.24, 2.45) is 0 Å². The molecule has 6 nitrogen and oxygen atoms in total. The summed E-state index contributed by atoms with van der Waals surface area (Å²) in [5.74, 6) is 0.588. The van der Waals surface area contributed by atoms with Crippen LogP contribution in [0.2, 0.25) is 0 Å². The van der Waals surface area contributed by atoms with E-state index in [0.717, 1.165) is 22.2 Å². The largest absolute Gasteiger partial charge is 0.497 e. The van der Waals surface area contributed by atoms with Gasteiger partial charge >= 0.3 is 0 Å². The summed E-state index contributed by atoms with van der Waals surface area (Å²) >= 11 is 0. The molecule has 144 valence electrons. The average molecular weight is 377 g/mol. The van der Waals surface area contributed by atoms with E-state index >= 15 is 0 Å². The minimum atomic E-state index is -0.0846. The molecule has 1 fully saturated rings. The summed E-state index contributed by atoms with van der Waals surface area (Å²) in [6, 6.07) is 15.3. The molecule has 0 radical (unpaired) electrons. The first-order chi connectivity index (χ1) is 13.6. The lowest BCUT2D eigenvalue weighted by Gasteiger charge is -2.39. The topological polar surface area (TPSA) is 65.6 Å². The molecule has 2 amide bonds. The van der Waals surface area contributed by atoms with E-state index in [1.165, 1.54) is 0 Å². The Kier molecular flexibility index (Phi) is 4.77. The van der Waals surface area contributed by atoms with Crippen molar-refractivity contribution in [3.8, 4) is 5.75 Å². The van der Waals surface area contributed by atoms with Crippen LogP contribution in [0.3, 0.4) is 0 Å². The van der Waals surface area contributed by atoms with Crippen molar-refractivity contribution in [3.05, 3.63) is 60.3 Å². The normalized spacial score (nSPS) is 17.2. The van der Waals surface area contributed by atoms with Crippen molar-refractivity contribution >= 4 is 28.4 Å².